The Morgan fingerprint density at radius 3 is 1.86 bits per heavy atom. The highest BCUT2D eigenvalue weighted by Gasteiger charge is 2.49. The summed E-state index contributed by atoms with van der Waals surface area (Å²) in [5, 5.41) is 44.4. The van der Waals surface area contributed by atoms with Gasteiger partial charge in [0.25, 0.3) is 0 Å². The summed E-state index contributed by atoms with van der Waals surface area (Å²) >= 11 is 2.83. The third-order valence-corrected chi connectivity index (χ3v) is 20.4. The van der Waals surface area contributed by atoms with Crippen LogP contribution in [-0.4, -0.2) is 186 Å². The number of hydrogen-bond donors (Lipinski definition) is 15. The fourth-order valence-electron chi connectivity index (χ4n) is 12.5. The van der Waals surface area contributed by atoms with E-state index >= 15 is 23.6 Å². The SMILES string of the molecule is COc1ccc(C[C@@H]2NC(=O)[C@H](Cc3cnc[nH]3)NC(=O)[C@H](CC(=O)O)NC(=O)[C@H](Cc3c[nH]c4ccc(F)cc34)NC(=O)[C@H](Cc3c[nH]c4ccc(F)cc34)NC(=O)[C@@H](C)NC(O)[C@H](CCCCN)NC(=O)CCSCc3cccc(c3)CSC[C@@H](C(N)=O)NC(=O)[C@]3(C)CCCN3C2=O)cc1. The van der Waals surface area contributed by atoms with Crippen molar-refractivity contribution in [1.29, 1.82) is 0 Å². The molecule has 4 aromatic carbocycles. The van der Waals surface area contributed by atoms with Crippen molar-refractivity contribution in [3.63, 3.8) is 0 Å². The Morgan fingerprint density at radius 2 is 1.28 bits per heavy atom. The van der Waals surface area contributed by atoms with E-state index < -0.39 is 144 Å². The van der Waals surface area contributed by atoms with E-state index in [-0.39, 0.29) is 67.5 Å². The number of methoxy groups -OCH3 is 1. The smallest absolute Gasteiger partial charge is 0.305 e. The number of aromatic nitrogens is 4. The lowest BCUT2D eigenvalue weighted by atomic mass is 9.95. The highest BCUT2D eigenvalue weighted by molar-refractivity contribution is 7.98. The minimum atomic E-state index is -2.03. The van der Waals surface area contributed by atoms with Crippen molar-refractivity contribution < 1.29 is 71.7 Å². The van der Waals surface area contributed by atoms with Crippen LogP contribution in [-0.2, 0) is 85.1 Å². The molecule has 5 heterocycles. The van der Waals surface area contributed by atoms with Crippen LogP contribution < -0.4 is 58.7 Å². The molecule has 9 rings (SSSR count). The monoisotopic (exact) mass is 1460 g/mol. The van der Waals surface area contributed by atoms with E-state index in [1.807, 2.05) is 24.3 Å². The van der Waals surface area contributed by atoms with Crippen molar-refractivity contribution in [3.8, 4) is 5.75 Å². The molecule has 0 aliphatic carbocycles. The molecule has 32 heteroatoms. The van der Waals surface area contributed by atoms with Gasteiger partial charge in [-0.25, -0.2) is 13.8 Å². The van der Waals surface area contributed by atoms with Crippen LogP contribution in [0.4, 0.5) is 8.78 Å². The number of aliphatic hydroxyl groups is 1. The molecule has 2 aliphatic heterocycles. The average Bonchev–Trinajstić information content (AvgIpc) is 1.69. The van der Waals surface area contributed by atoms with Gasteiger partial charge in [0.1, 0.15) is 65.4 Å². The van der Waals surface area contributed by atoms with Gasteiger partial charge in [-0.3, -0.25) is 53.3 Å². The molecule has 1 saturated heterocycles. The average molecular weight is 1460 g/mol. The Balaban J connectivity index is 1.07. The molecule has 103 heavy (non-hydrogen) atoms. The summed E-state index contributed by atoms with van der Waals surface area (Å²) in [6, 6.07) is 10.0. The Morgan fingerprint density at radius 1 is 0.699 bits per heavy atom. The summed E-state index contributed by atoms with van der Waals surface area (Å²) in [4.78, 5) is 159. The second kappa shape index (κ2) is 36.3. The first kappa shape index (κ1) is 77.3. The van der Waals surface area contributed by atoms with E-state index in [9.17, 15) is 43.4 Å². The van der Waals surface area contributed by atoms with E-state index in [1.54, 1.807) is 31.2 Å². The minimum Gasteiger partial charge on any atom is -0.497 e. The maximum absolute atomic E-state index is 15.3. The zero-order chi connectivity index (χ0) is 73.9. The van der Waals surface area contributed by atoms with Gasteiger partial charge in [0.15, 0.2) is 0 Å². The number of aromatic amines is 3. The number of rotatable bonds is 16. The number of primary amides is 1. The third-order valence-electron chi connectivity index (χ3n) is 18.3. The highest BCUT2D eigenvalue weighted by atomic mass is 32.2. The number of imidazole rings is 1. The molecule has 17 N–H and O–H groups in total. The second-order valence-electron chi connectivity index (χ2n) is 25.9. The predicted molar refractivity (Wildman–Crippen MR) is 382 cm³/mol. The molecule has 28 nitrogen and oxygen atoms in total. The second-order valence-corrected chi connectivity index (χ2v) is 28.0. The number of benzene rings is 4. The molecule has 550 valence electrons. The Bertz CT molecular complexity index is 4160. The van der Waals surface area contributed by atoms with Crippen LogP contribution in [0.15, 0.2) is 110 Å². The normalized spacial score (nSPS) is 24.0. The van der Waals surface area contributed by atoms with Crippen molar-refractivity contribution in [2.24, 2.45) is 11.5 Å². The summed E-state index contributed by atoms with van der Waals surface area (Å²) in [6.07, 6.45) is 3.38. The number of H-pyrrole nitrogens is 3. The molecule has 0 spiro atoms. The highest BCUT2D eigenvalue weighted by Crippen LogP contribution is 2.32. The Hall–Kier alpha value is -9.89. The molecular weight excluding hydrogens is 1370 g/mol. The van der Waals surface area contributed by atoms with Crippen LogP contribution >= 0.6 is 23.5 Å². The number of nitrogens with one attached hydrogen (secondary N) is 11. The van der Waals surface area contributed by atoms with Crippen molar-refractivity contribution in [1.82, 2.24) is 67.4 Å². The predicted octanol–water partition coefficient (Wildman–Crippen LogP) is 2.66. The number of fused-ring (bicyclic) bond motifs is 5. The largest absolute Gasteiger partial charge is 0.497 e. The molecule has 10 atom stereocenters. The number of aliphatic hydroxyl groups excluding tert-OH is 1. The van der Waals surface area contributed by atoms with E-state index in [0.717, 1.165) is 11.1 Å². The topological polar surface area (TPSA) is 432 Å². The minimum absolute atomic E-state index is 0.0383. The number of carbonyl (C=O) groups excluding carboxylic acids is 9. The maximum Gasteiger partial charge on any atom is 0.305 e. The van der Waals surface area contributed by atoms with Crippen LogP contribution in [0.2, 0.25) is 0 Å². The van der Waals surface area contributed by atoms with Gasteiger partial charge in [-0.05, 0) is 122 Å². The number of carbonyl (C=O) groups is 10. The Kier molecular flexibility index (Phi) is 27.2. The Labute approximate surface area is 600 Å². The van der Waals surface area contributed by atoms with Gasteiger partial charge in [-0.1, -0.05) is 42.8 Å². The number of thioether (sulfide) groups is 2. The molecule has 2 aliphatic rings. The van der Waals surface area contributed by atoms with Crippen molar-refractivity contribution in [3.05, 3.63) is 155 Å². The number of aliphatic carboxylic acids is 1. The first-order valence-corrected chi connectivity index (χ1v) is 36.1. The first-order chi connectivity index (χ1) is 49.4. The molecule has 7 aromatic rings. The van der Waals surface area contributed by atoms with E-state index in [2.05, 4.69) is 62.5 Å². The number of nitrogens with zero attached hydrogens (tertiary/aromatic N) is 2. The molecule has 1 fully saturated rings. The summed E-state index contributed by atoms with van der Waals surface area (Å²) in [5.74, 6) is -8.94. The van der Waals surface area contributed by atoms with Gasteiger partial charge in [-0.2, -0.15) is 23.5 Å². The van der Waals surface area contributed by atoms with Gasteiger partial charge in [0.05, 0.1) is 31.9 Å². The zero-order valence-corrected chi connectivity index (χ0v) is 58.7. The number of carboxylic acid groups (broad SMARTS) is 1. The lowest BCUT2D eigenvalue weighted by Crippen LogP contribution is -2.63. The summed E-state index contributed by atoms with van der Waals surface area (Å²) < 4.78 is 35.3. The third kappa shape index (κ3) is 21.1. The van der Waals surface area contributed by atoms with Gasteiger partial charge >= 0.3 is 5.97 Å². The van der Waals surface area contributed by atoms with Crippen molar-refractivity contribution in [2.75, 3.05) is 31.7 Å². The fraction of sp³-hybridized carbons (Fsp3) is 0.423. The molecule has 2 bridgehead atoms. The van der Waals surface area contributed by atoms with E-state index in [0.29, 0.717) is 76.4 Å². The van der Waals surface area contributed by atoms with Crippen LogP contribution in [0, 0.1) is 11.6 Å². The molecule has 1 unspecified atom stereocenters. The number of ether oxygens (including phenoxy) is 1. The number of carboxylic acids is 1. The zero-order valence-electron chi connectivity index (χ0n) is 57.1. The number of nitrogens with two attached hydrogens (primary N) is 2. The van der Waals surface area contributed by atoms with Crippen LogP contribution in [0.5, 0.6) is 5.75 Å². The van der Waals surface area contributed by atoms with E-state index in [1.165, 1.54) is 104 Å². The molecule has 0 radical (unpaired) electrons. The lowest BCUT2D eigenvalue weighted by molar-refractivity contribution is -0.147. The quantitative estimate of drug-likeness (QED) is 0.0618. The van der Waals surface area contributed by atoms with Crippen LogP contribution in [0.3, 0.4) is 0 Å². The summed E-state index contributed by atoms with van der Waals surface area (Å²) in [7, 11) is 1.47. The number of unbranched alkanes of at least 4 members (excludes halogenated alkanes) is 1. The summed E-state index contributed by atoms with van der Waals surface area (Å²) in [6.45, 7) is 3.31. The standard InChI is InChI=1S/C71H87F2N15O13S2/c1-39-63(93)82-54(26-43-32-77-51-17-13-45(72)28-49(43)51)65(95)83-55(27-44-33-78-52-18-14-46(73)29-50(44)52)66(96)85-57(31-61(90)91)68(98)84-56(30-47-34-76-38-79-47)67(97)86-58(25-40-11-15-48(101-3)16-12-40)69(99)88-22-7-20-71(88,2)70(100)87-59(62(75)92)37-103-36-42-9-6-8-41(24-42)35-102-23-19-60(89)81-53(64(94)80-39)10-4-5-21-74/h6,8-9,11-18,24,28-29,32-34,38-39,53-59,64,77-78,80,94H,4-5,7,10,19-23,25-27,30-31,35-37,74H2,1-3H3,(H2,75,92)(H,76,79)(H,81,89)(H,82,93)(H,83,95)(H,84,98)(H,85,96)(H,86,97)(H,87,100)(H,90,91)/t39-,53+,54+,55+,56+,57+,58+,59+,64?,71+/m1/s1. The van der Waals surface area contributed by atoms with Gasteiger partial charge in [0, 0.05) is 108 Å². The van der Waals surface area contributed by atoms with Crippen LogP contribution in [0.25, 0.3) is 21.8 Å². The molecular formula is C71H87F2N15O13S2. The molecule has 9 amide bonds. The van der Waals surface area contributed by atoms with E-state index in [4.69, 9.17) is 16.2 Å². The summed E-state index contributed by atoms with van der Waals surface area (Å²) in [5.41, 5.74) is 14.3. The van der Waals surface area contributed by atoms with Crippen LogP contribution in [0.1, 0.15) is 92.3 Å². The number of halogens is 2. The van der Waals surface area contributed by atoms with Crippen molar-refractivity contribution in [2.45, 2.75) is 156 Å². The van der Waals surface area contributed by atoms with Gasteiger partial charge < -0.3 is 83.5 Å². The number of amides is 9. The van der Waals surface area contributed by atoms with Gasteiger partial charge in [0.2, 0.25) is 53.2 Å². The maximum atomic E-state index is 15.3. The lowest BCUT2D eigenvalue weighted by Gasteiger charge is -2.37. The number of hydrogen-bond acceptors (Lipinski definition) is 17. The fourth-order valence-corrected chi connectivity index (χ4v) is 14.4. The first-order valence-electron chi connectivity index (χ1n) is 33.8. The van der Waals surface area contributed by atoms with Gasteiger partial charge in [-0.15, -0.1) is 0 Å². The molecule has 3 aromatic heterocycles. The molecule has 0 saturated carbocycles. The van der Waals surface area contributed by atoms with Crippen molar-refractivity contribution >= 4 is 104 Å².